The highest BCUT2D eigenvalue weighted by atomic mass is 79.9. The molecule has 0 heterocycles. The fraction of sp³-hybridized carbons (Fsp3) is 0.125. The van der Waals surface area contributed by atoms with Crippen LogP contribution in [0.15, 0.2) is 16.6 Å². The first-order valence-corrected chi connectivity index (χ1v) is 4.40. The zero-order valence-electron chi connectivity index (χ0n) is 7.15. The molecule has 5 nitrogen and oxygen atoms in total. The summed E-state index contributed by atoms with van der Waals surface area (Å²) in [5.74, 6) is -0.681. The summed E-state index contributed by atoms with van der Waals surface area (Å²) in [5, 5.41) is 19.7. The smallest absolute Gasteiger partial charge is 0.283 e. The van der Waals surface area contributed by atoms with E-state index >= 15 is 0 Å². The third-order valence-corrected chi connectivity index (χ3v) is 2.28. The van der Waals surface area contributed by atoms with Crippen molar-refractivity contribution in [2.45, 2.75) is 6.92 Å². The lowest BCUT2D eigenvalue weighted by molar-refractivity contribution is -0.385. The molecule has 0 aliphatic rings. The van der Waals surface area contributed by atoms with Crippen molar-refractivity contribution in [2.24, 2.45) is 0 Å². The molecule has 14 heavy (non-hydrogen) atoms. The molecule has 0 saturated heterocycles. The Hall–Kier alpha value is -1.43. The van der Waals surface area contributed by atoms with Crippen LogP contribution in [-0.2, 0) is 0 Å². The minimum atomic E-state index is -0.705. The van der Waals surface area contributed by atoms with Crippen molar-refractivity contribution >= 4 is 27.4 Å². The van der Waals surface area contributed by atoms with Gasteiger partial charge < -0.3 is 5.11 Å². The van der Waals surface area contributed by atoms with Crippen molar-refractivity contribution in [3.05, 3.63) is 32.3 Å². The van der Waals surface area contributed by atoms with Crippen LogP contribution in [0, 0.1) is 10.1 Å². The summed E-state index contributed by atoms with van der Waals surface area (Å²) >= 11 is 2.97. The summed E-state index contributed by atoms with van der Waals surface area (Å²) in [5.41, 5.74) is -0.419. The average molecular weight is 260 g/mol. The molecule has 1 rings (SSSR count). The Morgan fingerprint density at radius 3 is 2.57 bits per heavy atom. The average Bonchev–Trinajstić information content (AvgIpc) is 2.08. The molecule has 0 unspecified atom stereocenters. The molecule has 1 N–H and O–H groups in total. The number of carbonyl (C=O) groups excluding carboxylic acids is 1. The first-order valence-electron chi connectivity index (χ1n) is 3.61. The maximum atomic E-state index is 11.0. The molecular formula is C8H6BrNO4. The number of Topliss-reactive ketones (excluding diaryl/α,β-unsaturated/α-hetero) is 1. The molecule has 6 heteroatoms. The van der Waals surface area contributed by atoms with Crippen LogP contribution >= 0.6 is 15.9 Å². The number of ketones is 1. The Morgan fingerprint density at radius 1 is 1.57 bits per heavy atom. The van der Waals surface area contributed by atoms with Crippen LogP contribution in [0.1, 0.15) is 17.3 Å². The molecule has 0 atom stereocenters. The van der Waals surface area contributed by atoms with Gasteiger partial charge in [-0.15, -0.1) is 0 Å². The van der Waals surface area contributed by atoms with Gasteiger partial charge in [-0.2, -0.15) is 0 Å². The third-order valence-electron chi connectivity index (χ3n) is 1.64. The van der Waals surface area contributed by atoms with Crippen molar-refractivity contribution in [3.8, 4) is 5.75 Å². The number of benzene rings is 1. The number of phenolic OH excluding ortho intramolecular Hbond substituents is 1. The monoisotopic (exact) mass is 259 g/mol. The van der Waals surface area contributed by atoms with E-state index in [9.17, 15) is 20.0 Å². The first kappa shape index (κ1) is 10.6. The van der Waals surface area contributed by atoms with Gasteiger partial charge in [-0.1, -0.05) is 0 Å². The van der Waals surface area contributed by atoms with Gasteiger partial charge in [0.15, 0.2) is 5.78 Å². The lowest BCUT2D eigenvalue weighted by Gasteiger charge is -2.01. The van der Waals surface area contributed by atoms with Gasteiger partial charge in [-0.3, -0.25) is 14.9 Å². The van der Waals surface area contributed by atoms with Crippen LogP contribution in [0.2, 0.25) is 0 Å². The lowest BCUT2D eigenvalue weighted by atomic mass is 10.1. The number of rotatable bonds is 2. The van der Waals surface area contributed by atoms with E-state index in [0.717, 1.165) is 6.07 Å². The minimum absolute atomic E-state index is 0.0281. The Kier molecular flexibility index (Phi) is 2.85. The van der Waals surface area contributed by atoms with Crippen molar-refractivity contribution in [3.63, 3.8) is 0 Å². The number of hydrogen-bond acceptors (Lipinski definition) is 4. The van der Waals surface area contributed by atoms with Crippen LogP contribution in [0.3, 0.4) is 0 Å². The summed E-state index contributed by atoms with van der Waals surface area (Å²) in [6, 6.07) is 2.18. The molecule has 0 bridgehead atoms. The van der Waals surface area contributed by atoms with Gasteiger partial charge in [0, 0.05) is 0 Å². The largest absolute Gasteiger partial charge is 0.507 e. The van der Waals surface area contributed by atoms with Gasteiger partial charge >= 0.3 is 0 Å². The van der Waals surface area contributed by atoms with Crippen LogP contribution in [0.5, 0.6) is 5.75 Å². The summed E-state index contributed by atoms with van der Waals surface area (Å²) in [4.78, 5) is 20.8. The molecular weight excluding hydrogens is 254 g/mol. The number of carbonyl (C=O) groups is 1. The number of aromatic hydroxyl groups is 1. The highest BCUT2D eigenvalue weighted by Crippen LogP contribution is 2.31. The van der Waals surface area contributed by atoms with E-state index in [0.29, 0.717) is 0 Å². The van der Waals surface area contributed by atoms with E-state index in [-0.39, 0.29) is 15.8 Å². The molecule has 0 aliphatic carbocycles. The molecule has 0 aromatic heterocycles. The molecule has 0 aliphatic heterocycles. The fourth-order valence-corrected chi connectivity index (χ4v) is 1.33. The van der Waals surface area contributed by atoms with E-state index in [1.54, 1.807) is 0 Å². The maximum Gasteiger partial charge on any atom is 0.283 e. The molecule has 0 radical (unpaired) electrons. The highest BCUT2D eigenvalue weighted by molar-refractivity contribution is 9.10. The summed E-state index contributed by atoms with van der Waals surface area (Å²) in [6.45, 7) is 1.23. The zero-order valence-corrected chi connectivity index (χ0v) is 8.74. The van der Waals surface area contributed by atoms with Gasteiger partial charge in [0.2, 0.25) is 0 Å². The molecule has 0 fully saturated rings. The Bertz CT molecular complexity index is 377. The fourth-order valence-electron chi connectivity index (χ4n) is 0.984. The second-order valence-electron chi connectivity index (χ2n) is 2.63. The Balaban J connectivity index is 3.46. The topological polar surface area (TPSA) is 80.4 Å². The third kappa shape index (κ3) is 1.90. The zero-order chi connectivity index (χ0) is 10.9. The second-order valence-corrected chi connectivity index (χ2v) is 3.49. The highest BCUT2D eigenvalue weighted by Gasteiger charge is 2.19. The Labute approximate surface area is 87.6 Å². The minimum Gasteiger partial charge on any atom is -0.507 e. The molecule has 74 valence electrons. The van der Waals surface area contributed by atoms with Gasteiger partial charge in [-0.05, 0) is 28.9 Å². The normalized spacial score (nSPS) is 9.86. The number of nitro benzene ring substituents is 1. The van der Waals surface area contributed by atoms with Crippen LogP contribution in [-0.4, -0.2) is 15.8 Å². The second kappa shape index (κ2) is 3.75. The molecule has 1 aromatic rings. The van der Waals surface area contributed by atoms with E-state index in [1.165, 1.54) is 13.0 Å². The standard InChI is InChI=1S/C8H6BrNO4/c1-4(11)5-2-6(9)8(12)3-7(5)10(13)14/h2-3,12H,1H3. The summed E-state index contributed by atoms with van der Waals surface area (Å²) < 4.78 is 0.258. The Morgan fingerprint density at radius 2 is 2.14 bits per heavy atom. The van der Waals surface area contributed by atoms with Crippen molar-refractivity contribution < 1.29 is 14.8 Å². The predicted molar refractivity (Wildman–Crippen MR) is 52.5 cm³/mol. The number of phenols is 1. The predicted octanol–water partition coefficient (Wildman–Crippen LogP) is 2.27. The van der Waals surface area contributed by atoms with E-state index < -0.39 is 16.4 Å². The van der Waals surface area contributed by atoms with Crippen LogP contribution < -0.4 is 0 Å². The molecule has 1 aromatic carbocycles. The number of halogens is 1. The maximum absolute atomic E-state index is 11.0. The van der Waals surface area contributed by atoms with Crippen LogP contribution in [0.4, 0.5) is 5.69 Å². The lowest BCUT2D eigenvalue weighted by Crippen LogP contribution is -2.00. The van der Waals surface area contributed by atoms with Crippen molar-refractivity contribution in [1.29, 1.82) is 0 Å². The number of nitro groups is 1. The van der Waals surface area contributed by atoms with Gasteiger partial charge in [0.1, 0.15) is 5.75 Å². The van der Waals surface area contributed by atoms with Crippen LogP contribution in [0.25, 0.3) is 0 Å². The summed E-state index contributed by atoms with van der Waals surface area (Å²) in [6.07, 6.45) is 0. The van der Waals surface area contributed by atoms with Gasteiger partial charge in [-0.25, -0.2) is 0 Å². The van der Waals surface area contributed by atoms with Gasteiger partial charge in [0.25, 0.3) is 5.69 Å². The first-order chi connectivity index (χ1) is 6.43. The molecule has 0 amide bonds. The van der Waals surface area contributed by atoms with E-state index in [1.807, 2.05) is 0 Å². The van der Waals surface area contributed by atoms with E-state index in [2.05, 4.69) is 15.9 Å². The van der Waals surface area contributed by atoms with Gasteiger partial charge in [0.05, 0.1) is 21.0 Å². The number of hydrogen-bond donors (Lipinski definition) is 1. The van der Waals surface area contributed by atoms with E-state index in [4.69, 9.17) is 0 Å². The SMILES string of the molecule is CC(=O)c1cc(Br)c(O)cc1[N+](=O)[O-]. The molecule has 0 saturated carbocycles. The van der Waals surface area contributed by atoms with Crippen molar-refractivity contribution in [2.75, 3.05) is 0 Å². The summed E-state index contributed by atoms with van der Waals surface area (Å²) in [7, 11) is 0. The quantitative estimate of drug-likeness (QED) is 0.502. The van der Waals surface area contributed by atoms with Crippen molar-refractivity contribution in [1.82, 2.24) is 0 Å². The molecule has 0 spiro atoms. The number of nitrogens with zero attached hydrogens (tertiary/aromatic N) is 1.